The number of alkyl halides is 3. The number of aliphatic hydroxyl groups is 1. The molecule has 1 N–H and O–H groups in total. The highest BCUT2D eigenvalue weighted by atomic mass is 32.1. The van der Waals surface area contributed by atoms with Gasteiger partial charge in [-0.05, 0) is 42.3 Å². The van der Waals surface area contributed by atoms with Crippen molar-refractivity contribution in [1.82, 2.24) is 0 Å². The van der Waals surface area contributed by atoms with E-state index in [2.05, 4.69) is 0 Å². The van der Waals surface area contributed by atoms with Gasteiger partial charge in [0.25, 0.3) is 0 Å². The normalized spacial score (nSPS) is 13.4. The van der Waals surface area contributed by atoms with Crippen molar-refractivity contribution < 1.29 is 18.3 Å². The lowest BCUT2D eigenvalue weighted by Crippen LogP contribution is -2.12. The first-order valence-electron chi connectivity index (χ1n) is 6.35. The van der Waals surface area contributed by atoms with Gasteiger partial charge in [0.15, 0.2) is 0 Å². The molecule has 5 heteroatoms. The van der Waals surface area contributed by atoms with Gasteiger partial charge in [0, 0.05) is 4.88 Å². The lowest BCUT2D eigenvalue weighted by atomic mass is 9.98. The van der Waals surface area contributed by atoms with E-state index in [4.69, 9.17) is 0 Å². The van der Waals surface area contributed by atoms with Crippen molar-refractivity contribution >= 4 is 11.3 Å². The molecule has 1 aromatic heterocycles. The molecule has 1 atom stereocenters. The van der Waals surface area contributed by atoms with E-state index in [0.717, 1.165) is 12.5 Å². The molecule has 0 radical (unpaired) electrons. The second kappa shape index (κ2) is 6.41. The quantitative estimate of drug-likeness (QED) is 0.839. The molecule has 1 unspecified atom stereocenters. The highest BCUT2D eigenvalue weighted by molar-refractivity contribution is 7.09. The summed E-state index contributed by atoms with van der Waals surface area (Å²) in [6, 6.07) is 9.14. The third kappa shape index (κ3) is 3.84. The van der Waals surface area contributed by atoms with E-state index >= 15 is 0 Å². The molecule has 0 fully saturated rings. The summed E-state index contributed by atoms with van der Waals surface area (Å²) < 4.78 is 38.5. The SMILES string of the molecule is OC(CCCc1cccs1)c1ccccc1C(F)(F)F. The van der Waals surface area contributed by atoms with Crippen LogP contribution in [0.1, 0.15) is 34.9 Å². The van der Waals surface area contributed by atoms with Gasteiger partial charge < -0.3 is 5.11 Å². The van der Waals surface area contributed by atoms with Crippen LogP contribution in [0.2, 0.25) is 0 Å². The van der Waals surface area contributed by atoms with Crippen molar-refractivity contribution in [2.45, 2.75) is 31.5 Å². The number of halogens is 3. The van der Waals surface area contributed by atoms with Crippen LogP contribution in [0, 0.1) is 0 Å². The minimum atomic E-state index is -4.43. The maximum absolute atomic E-state index is 12.8. The molecule has 1 nitrogen and oxygen atoms in total. The maximum atomic E-state index is 12.8. The van der Waals surface area contributed by atoms with Gasteiger partial charge in [0.1, 0.15) is 0 Å². The van der Waals surface area contributed by atoms with E-state index < -0.39 is 17.8 Å². The summed E-state index contributed by atoms with van der Waals surface area (Å²) in [6.07, 6.45) is -3.74. The first kappa shape index (κ1) is 15.1. The second-order valence-electron chi connectivity index (χ2n) is 4.57. The van der Waals surface area contributed by atoms with Crippen LogP contribution >= 0.6 is 11.3 Å². The molecular weight excluding hydrogens is 285 g/mol. The van der Waals surface area contributed by atoms with E-state index in [1.165, 1.54) is 23.1 Å². The van der Waals surface area contributed by atoms with Crippen LogP contribution in [0.15, 0.2) is 41.8 Å². The van der Waals surface area contributed by atoms with Crippen LogP contribution in [0.25, 0.3) is 0 Å². The average Bonchev–Trinajstić information content (AvgIpc) is 2.91. The number of benzene rings is 1. The molecule has 0 aliphatic heterocycles. The Balaban J connectivity index is 2.00. The summed E-state index contributed by atoms with van der Waals surface area (Å²) in [6.45, 7) is 0. The molecule has 0 saturated carbocycles. The Morgan fingerprint density at radius 1 is 1.10 bits per heavy atom. The Hall–Kier alpha value is -1.33. The summed E-state index contributed by atoms with van der Waals surface area (Å²) in [5, 5.41) is 12.0. The summed E-state index contributed by atoms with van der Waals surface area (Å²) in [7, 11) is 0. The molecule has 20 heavy (non-hydrogen) atoms. The maximum Gasteiger partial charge on any atom is 0.416 e. The molecular formula is C15H15F3OS. The number of hydrogen-bond acceptors (Lipinski definition) is 2. The van der Waals surface area contributed by atoms with Gasteiger partial charge in [-0.1, -0.05) is 24.3 Å². The lowest BCUT2D eigenvalue weighted by molar-refractivity contribution is -0.139. The van der Waals surface area contributed by atoms with E-state index in [0.29, 0.717) is 12.8 Å². The predicted molar refractivity (Wildman–Crippen MR) is 73.7 cm³/mol. The topological polar surface area (TPSA) is 20.2 Å². The summed E-state index contributed by atoms with van der Waals surface area (Å²) in [5.41, 5.74) is -0.783. The van der Waals surface area contributed by atoms with Crippen LogP contribution in [0.5, 0.6) is 0 Å². The zero-order valence-electron chi connectivity index (χ0n) is 10.7. The van der Waals surface area contributed by atoms with Gasteiger partial charge in [0.05, 0.1) is 11.7 Å². The highest BCUT2D eigenvalue weighted by Gasteiger charge is 2.34. The van der Waals surface area contributed by atoms with Crippen molar-refractivity contribution in [3.63, 3.8) is 0 Å². The van der Waals surface area contributed by atoms with Crippen molar-refractivity contribution in [1.29, 1.82) is 0 Å². The largest absolute Gasteiger partial charge is 0.416 e. The molecule has 0 aliphatic rings. The van der Waals surface area contributed by atoms with Crippen LogP contribution in [-0.4, -0.2) is 5.11 Å². The number of aryl methyl sites for hydroxylation is 1. The van der Waals surface area contributed by atoms with E-state index in [9.17, 15) is 18.3 Å². The minimum absolute atomic E-state index is 0.0359. The average molecular weight is 300 g/mol. The van der Waals surface area contributed by atoms with E-state index in [-0.39, 0.29) is 5.56 Å². The fourth-order valence-electron chi connectivity index (χ4n) is 2.13. The Kier molecular flexibility index (Phi) is 4.83. The van der Waals surface area contributed by atoms with Crippen LogP contribution < -0.4 is 0 Å². The van der Waals surface area contributed by atoms with Gasteiger partial charge in [-0.3, -0.25) is 0 Å². The zero-order valence-corrected chi connectivity index (χ0v) is 11.5. The molecule has 0 aliphatic carbocycles. The fourth-order valence-corrected chi connectivity index (χ4v) is 2.88. The lowest BCUT2D eigenvalue weighted by Gasteiger charge is -2.17. The monoisotopic (exact) mass is 300 g/mol. The molecule has 0 spiro atoms. The molecule has 108 valence electrons. The van der Waals surface area contributed by atoms with Gasteiger partial charge in [-0.15, -0.1) is 11.3 Å². The van der Waals surface area contributed by atoms with Crippen molar-refractivity contribution in [3.8, 4) is 0 Å². The van der Waals surface area contributed by atoms with Gasteiger partial charge in [-0.2, -0.15) is 13.2 Å². The number of thiophene rings is 1. The van der Waals surface area contributed by atoms with E-state index in [1.54, 1.807) is 11.3 Å². The zero-order chi connectivity index (χ0) is 14.6. The Morgan fingerprint density at radius 2 is 1.85 bits per heavy atom. The Morgan fingerprint density at radius 3 is 2.50 bits per heavy atom. The molecule has 1 heterocycles. The fraction of sp³-hybridized carbons (Fsp3) is 0.333. The molecule has 0 amide bonds. The summed E-state index contributed by atoms with van der Waals surface area (Å²) >= 11 is 1.62. The summed E-state index contributed by atoms with van der Waals surface area (Å²) in [4.78, 5) is 1.18. The molecule has 0 bridgehead atoms. The first-order valence-corrected chi connectivity index (χ1v) is 7.23. The summed E-state index contributed by atoms with van der Waals surface area (Å²) in [5.74, 6) is 0. The molecule has 1 aromatic carbocycles. The third-order valence-corrected chi connectivity index (χ3v) is 4.04. The number of rotatable bonds is 5. The first-order chi connectivity index (χ1) is 9.48. The van der Waals surface area contributed by atoms with E-state index in [1.807, 2.05) is 17.5 Å². The van der Waals surface area contributed by atoms with Gasteiger partial charge >= 0.3 is 6.18 Å². The van der Waals surface area contributed by atoms with Gasteiger partial charge in [0.2, 0.25) is 0 Å². The van der Waals surface area contributed by atoms with Crippen LogP contribution in [0.3, 0.4) is 0 Å². The predicted octanol–water partition coefficient (Wildman–Crippen LogP) is 4.82. The Labute approximate surface area is 119 Å². The molecule has 2 rings (SSSR count). The van der Waals surface area contributed by atoms with Crippen molar-refractivity contribution in [2.24, 2.45) is 0 Å². The van der Waals surface area contributed by atoms with Gasteiger partial charge in [-0.25, -0.2) is 0 Å². The standard InChI is InChI=1S/C15H15F3OS/c16-15(17,18)13-8-2-1-7-12(13)14(19)9-3-5-11-6-4-10-20-11/h1-2,4,6-8,10,14,19H,3,5,9H2. The molecule has 0 saturated heterocycles. The Bertz CT molecular complexity index is 534. The molecule has 2 aromatic rings. The van der Waals surface area contributed by atoms with Crippen molar-refractivity contribution in [3.05, 3.63) is 57.8 Å². The second-order valence-corrected chi connectivity index (χ2v) is 5.60. The van der Waals surface area contributed by atoms with Crippen LogP contribution in [0.4, 0.5) is 13.2 Å². The minimum Gasteiger partial charge on any atom is -0.388 e. The van der Waals surface area contributed by atoms with Crippen LogP contribution in [-0.2, 0) is 12.6 Å². The van der Waals surface area contributed by atoms with Crippen molar-refractivity contribution in [2.75, 3.05) is 0 Å². The number of hydrogen-bond donors (Lipinski definition) is 1. The smallest absolute Gasteiger partial charge is 0.388 e. The number of aliphatic hydroxyl groups excluding tert-OH is 1. The third-order valence-electron chi connectivity index (χ3n) is 3.11. The highest BCUT2D eigenvalue weighted by Crippen LogP contribution is 2.35.